The van der Waals surface area contributed by atoms with Crippen molar-refractivity contribution in [1.82, 2.24) is 9.13 Å². The average Bonchev–Trinajstić information content (AvgIpc) is 3.67. The van der Waals surface area contributed by atoms with Gasteiger partial charge in [-0.3, -0.25) is 0 Å². The van der Waals surface area contributed by atoms with E-state index in [1.165, 1.54) is 10.8 Å². The Labute approximate surface area is 277 Å². The largest absolute Gasteiger partial charge is 0.309 e. The number of rotatable bonds is 4. The highest BCUT2D eigenvalue weighted by molar-refractivity contribution is 6.10. The van der Waals surface area contributed by atoms with Crippen LogP contribution in [0.5, 0.6) is 0 Å². The van der Waals surface area contributed by atoms with Gasteiger partial charge in [0.05, 0.1) is 51.0 Å². The van der Waals surface area contributed by atoms with Crippen molar-refractivity contribution in [3.8, 4) is 45.8 Å². The third-order valence-corrected chi connectivity index (χ3v) is 9.40. The monoisotopic (exact) mass is 610 g/mol. The minimum absolute atomic E-state index is 0.559. The predicted octanol–water partition coefficient (Wildman–Crippen LogP) is 11.0. The first-order valence-electron chi connectivity index (χ1n) is 15.9. The van der Waals surface area contributed by atoms with Crippen molar-refractivity contribution in [2.75, 3.05) is 0 Å². The quantitative estimate of drug-likeness (QED) is 0.199. The molecule has 9 rings (SSSR count). The van der Waals surface area contributed by atoms with E-state index in [2.05, 4.69) is 137 Å². The molecule has 0 aliphatic heterocycles. The van der Waals surface area contributed by atoms with Crippen molar-refractivity contribution in [2.45, 2.75) is 0 Å². The van der Waals surface area contributed by atoms with Gasteiger partial charge < -0.3 is 9.13 Å². The molecule has 0 aliphatic rings. The van der Waals surface area contributed by atoms with Crippen LogP contribution in [0, 0.1) is 22.7 Å². The van der Waals surface area contributed by atoms with E-state index in [4.69, 9.17) is 0 Å². The maximum absolute atomic E-state index is 10.4. The van der Waals surface area contributed by atoms with Crippen molar-refractivity contribution >= 4 is 43.6 Å². The van der Waals surface area contributed by atoms with Crippen LogP contribution in [-0.2, 0) is 0 Å². The zero-order valence-electron chi connectivity index (χ0n) is 25.8. The van der Waals surface area contributed by atoms with Gasteiger partial charge in [0.2, 0.25) is 0 Å². The zero-order chi connectivity index (χ0) is 32.2. The molecule has 4 heteroatoms. The van der Waals surface area contributed by atoms with Gasteiger partial charge in [0, 0.05) is 38.4 Å². The van der Waals surface area contributed by atoms with E-state index in [1.54, 1.807) is 0 Å². The molecule has 222 valence electrons. The first-order valence-corrected chi connectivity index (χ1v) is 15.9. The number of para-hydroxylation sites is 4. The number of fused-ring (bicyclic) bond motifs is 6. The molecule has 2 aromatic heterocycles. The lowest BCUT2D eigenvalue weighted by Crippen LogP contribution is -2.00. The molecule has 48 heavy (non-hydrogen) atoms. The second-order valence-corrected chi connectivity index (χ2v) is 12.0. The summed E-state index contributed by atoms with van der Waals surface area (Å²) in [4.78, 5) is 0. The van der Waals surface area contributed by atoms with Gasteiger partial charge >= 0.3 is 0 Å². The van der Waals surface area contributed by atoms with E-state index in [9.17, 15) is 10.5 Å². The molecule has 7 aromatic carbocycles. The molecule has 9 aromatic rings. The minimum Gasteiger partial charge on any atom is -0.309 e. The standard InChI is InChI=1S/C44H26N4/c45-27-29-20-23-38(44(24-29)48-42-18-7-3-14-36(42)37-15-4-8-19-43(37)48)39-26-31(21-22-32(39)28-46)30-10-9-11-33(25-30)47-40-16-5-1-12-34(40)35-13-2-6-17-41(35)47/h1-26H. The Morgan fingerprint density at radius 1 is 0.396 bits per heavy atom. The van der Waals surface area contributed by atoms with Gasteiger partial charge in [-0.2, -0.15) is 10.5 Å². The predicted molar refractivity (Wildman–Crippen MR) is 195 cm³/mol. The lowest BCUT2D eigenvalue weighted by molar-refractivity contribution is 1.18. The van der Waals surface area contributed by atoms with Crippen LogP contribution in [0.1, 0.15) is 11.1 Å². The molecule has 0 amide bonds. The van der Waals surface area contributed by atoms with Gasteiger partial charge in [-0.15, -0.1) is 0 Å². The Morgan fingerprint density at radius 3 is 1.50 bits per heavy atom. The van der Waals surface area contributed by atoms with Crippen LogP contribution in [0.4, 0.5) is 0 Å². The molecular formula is C44H26N4. The average molecular weight is 611 g/mol. The molecule has 4 nitrogen and oxygen atoms in total. The fourth-order valence-corrected chi connectivity index (χ4v) is 7.27. The molecule has 0 radical (unpaired) electrons. The molecule has 0 N–H and O–H groups in total. The number of benzene rings is 7. The molecule has 0 fully saturated rings. The van der Waals surface area contributed by atoms with E-state index >= 15 is 0 Å². The maximum Gasteiger partial charge on any atom is 0.0998 e. The smallest absolute Gasteiger partial charge is 0.0998 e. The Morgan fingerprint density at radius 2 is 0.938 bits per heavy atom. The zero-order valence-corrected chi connectivity index (χ0v) is 25.8. The molecule has 2 heterocycles. The van der Waals surface area contributed by atoms with Crippen molar-refractivity contribution in [3.63, 3.8) is 0 Å². The normalized spacial score (nSPS) is 11.3. The molecule has 0 unspecified atom stereocenters. The van der Waals surface area contributed by atoms with E-state index in [0.29, 0.717) is 11.1 Å². The summed E-state index contributed by atoms with van der Waals surface area (Å²) < 4.78 is 4.54. The molecule has 0 atom stereocenters. The molecule has 0 aliphatic carbocycles. The van der Waals surface area contributed by atoms with E-state index in [1.807, 2.05) is 42.5 Å². The molecule has 0 saturated heterocycles. The van der Waals surface area contributed by atoms with Gasteiger partial charge in [-0.05, 0) is 71.8 Å². The highest BCUT2D eigenvalue weighted by atomic mass is 15.0. The lowest BCUT2D eigenvalue weighted by atomic mass is 9.93. The molecule has 0 spiro atoms. The molecule has 0 bridgehead atoms. The SMILES string of the molecule is N#Cc1ccc(-c2cc(-c3cccc(-n4c5ccccc5c5ccccc54)c3)ccc2C#N)c(-n2c3ccccc3c3ccccc32)c1. The first kappa shape index (κ1) is 27.4. The summed E-state index contributed by atoms with van der Waals surface area (Å²) in [5.41, 5.74) is 11.2. The van der Waals surface area contributed by atoms with Gasteiger partial charge in [0.1, 0.15) is 0 Å². The van der Waals surface area contributed by atoms with Gasteiger partial charge in [0.15, 0.2) is 0 Å². The first-order chi connectivity index (χ1) is 23.7. The highest BCUT2D eigenvalue weighted by Gasteiger charge is 2.19. The fourth-order valence-electron chi connectivity index (χ4n) is 7.27. The molecule has 0 saturated carbocycles. The van der Waals surface area contributed by atoms with Gasteiger partial charge in [0.25, 0.3) is 0 Å². The van der Waals surface area contributed by atoms with Crippen molar-refractivity contribution in [3.05, 3.63) is 169 Å². The topological polar surface area (TPSA) is 57.4 Å². The summed E-state index contributed by atoms with van der Waals surface area (Å²) in [5.74, 6) is 0. The van der Waals surface area contributed by atoms with Gasteiger partial charge in [-0.25, -0.2) is 0 Å². The second-order valence-electron chi connectivity index (χ2n) is 12.0. The minimum atomic E-state index is 0.559. The van der Waals surface area contributed by atoms with Gasteiger partial charge in [-0.1, -0.05) is 97.1 Å². The van der Waals surface area contributed by atoms with Crippen molar-refractivity contribution in [2.24, 2.45) is 0 Å². The van der Waals surface area contributed by atoms with E-state index in [-0.39, 0.29) is 0 Å². The number of aromatic nitrogens is 2. The summed E-state index contributed by atoms with van der Waals surface area (Å²) in [6.07, 6.45) is 0. The lowest BCUT2D eigenvalue weighted by Gasteiger charge is -2.17. The Kier molecular flexibility index (Phi) is 6.22. The highest BCUT2D eigenvalue weighted by Crippen LogP contribution is 2.39. The Balaban J connectivity index is 1.26. The number of nitrogens with zero attached hydrogens (tertiary/aromatic N) is 4. The van der Waals surface area contributed by atoms with Crippen LogP contribution in [0.15, 0.2) is 158 Å². The van der Waals surface area contributed by atoms with Crippen molar-refractivity contribution in [1.29, 1.82) is 10.5 Å². The van der Waals surface area contributed by atoms with Crippen LogP contribution in [-0.4, -0.2) is 9.13 Å². The Bertz CT molecular complexity index is 2710. The molecular weight excluding hydrogens is 585 g/mol. The van der Waals surface area contributed by atoms with Crippen molar-refractivity contribution < 1.29 is 0 Å². The maximum atomic E-state index is 10.4. The van der Waals surface area contributed by atoms with E-state index < -0.39 is 0 Å². The van der Waals surface area contributed by atoms with Crippen LogP contribution in [0.25, 0.3) is 77.2 Å². The summed E-state index contributed by atoms with van der Waals surface area (Å²) in [5, 5.41) is 25.0. The fraction of sp³-hybridized carbons (Fsp3) is 0. The van der Waals surface area contributed by atoms with Crippen LogP contribution >= 0.6 is 0 Å². The summed E-state index contributed by atoms with van der Waals surface area (Å²) in [7, 11) is 0. The number of nitriles is 2. The third-order valence-electron chi connectivity index (χ3n) is 9.40. The van der Waals surface area contributed by atoms with Crippen LogP contribution in [0.2, 0.25) is 0 Å². The van der Waals surface area contributed by atoms with Crippen LogP contribution < -0.4 is 0 Å². The summed E-state index contributed by atoms with van der Waals surface area (Å²) in [6, 6.07) is 58.9. The number of hydrogen-bond donors (Lipinski definition) is 0. The van der Waals surface area contributed by atoms with Crippen LogP contribution in [0.3, 0.4) is 0 Å². The van der Waals surface area contributed by atoms with E-state index in [0.717, 1.165) is 66.5 Å². The third kappa shape index (κ3) is 4.14. The number of hydrogen-bond acceptors (Lipinski definition) is 2. The Hall–Kier alpha value is -6.88. The summed E-state index contributed by atoms with van der Waals surface area (Å²) in [6.45, 7) is 0. The summed E-state index contributed by atoms with van der Waals surface area (Å²) >= 11 is 0. The second kappa shape index (κ2) is 10.9.